The Hall–Kier alpha value is -3.31. The predicted octanol–water partition coefficient (Wildman–Crippen LogP) is 6.58. The molecule has 1 heterocycles. The third-order valence-electron chi connectivity index (χ3n) is 4.62. The Kier molecular flexibility index (Phi) is 6.00. The first-order valence-electron chi connectivity index (χ1n) is 9.83. The Balaban J connectivity index is 1.41. The second-order valence-corrected chi connectivity index (χ2v) is 7.33. The lowest BCUT2D eigenvalue weighted by molar-refractivity contribution is 0.102. The molecule has 0 aliphatic carbocycles. The van der Waals surface area contributed by atoms with Crippen LogP contribution >= 0.6 is 11.6 Å². The molecule has 0 bridgehead atoms. The van der Waals surface area contributed by atoms with E-state index in [0.29, 0.717) is 39.9 Å². The van der Waals surface area contributed by atoms with Gasteiger partial charge in [-0.2, -0.15) is 0 Å². The summed E-state index contributed by atoms with van der Waals surface area (Å²) in [6, 6.07) is 19.8. The molecule has 5 nitrogen and oxygen atoms in total. The van der Waals surface area contributed by atoms with Gasteiger partial charge >= 0.3 is 0 Å². The molecule has 3 aromatic carbocycles. The van der Waals surface area contributed by atoms with E-state index in [-0.39, 0.29) is 5.91 Å². The van der Waals surface area contributed by atoms with Crippen LogP contribution in [-0.2, 0) is 0 Å². The maximum absolute atomic E-state index is 12.5. The van der Waals surface area contributed by atoms with Crippen LogP contribution in [0.2, 0.25) is 5.02 Å². The molecular formula is C24H21ClN2O3. The van der Waals surface area contributed by atoms with Gasteiger partial charge in [0.25, 0.3) is 5.91 Å². The van der Waals surface area contributed by atoms with Crippen LogP contribution in [0, 0.1) is 0 Å². The Morgan fingerprint density at radius 3 is 2.57 bits per heavy atom. The highest BCUT2D eigenvalue weighted by molar-refractivity contribution is 6.31. The number of rotatable bonds is 7. The second-order valence-electron chi connectivity index (χ2n) is 6.89. The molecule has 152 valence electrons. The summed E-state index contributed by atoms with van der Waals surface area (Å²) in [7, 11) is 0. The Morgan fingerprint density at radius 2 is 1.83 bits per heavy atom. The van der Waals surface area contributed by atoms with E-state index in [4.69, 9.17) is 20.8 Å². The van der Waals surface area contributed by atoms with Crippen LogP contribution in [0.3, 0.4) is 0 Å². The van der Waals surface area contributed by atoms with Crippen molar-refractivity contribution in [2.24, 2.45) is 0 Å². The quantitative estimate of drug-likeness (QED) is 0.343. The molecule has 0 unspecified atom stereocenters. The van der Waals surface area contributed by atoms with Gasteiger partial charge in [0.05, 0.1) is 6.61 Å². The number of fused-ring (bicyclic) bond motifs is 1. The van der Waals surface area contributed by atoms with Gasteiger partial charge in [0.1, 0.15) is 11.3 Å². The topological polar surface area (TPSA) is 64.4 Å². The number of carbonyl (C=O) groups is 1. The molecule has 4 aromatic rings. The zero-order valence-electron chi connectivity index (χ0n) is 16.5. The lowest BCUT2D eigenvalue weighted by Crippen LogP contribution is -2.11. The van der Waals surface area contributed by atoms with E-state index in [2.05, 4.69) is 17.2 Å². The van der Waals surface area contributed by atoms with Crippen molar-refractivity contribution in [3.05, 3.63) is 77.3 Å². The van der Waals surface area contributed by atoms with Crippen LogP contribution < -0.4 is 10.1 Å². The van der Waals surface area contributed by atoms with Gasteiger partial charge < -0.3 is 14.5 Å². The number of nitrogens with zero attached hydrogens (tertiary/aromatic N) is 1. The number of halogens is 1. The van der Waals surface area contributed by atoms with E-state index in [1.54, 1.807) is 30.3 Å². The number of oxazole rings is 1. The van der Waals surface area contributed by atoms with Crippen LogP contribution in [-0.4, -0.2) is 17.5 Å². The summed E-state index contributed by atoms with van der Waals surface area (Å²) < 4.78 is 11.4. The van der Waals surface area contributed by atoms with Crippen molar-refractivity contribution in [3.63, 3.8) is 0 Å². The van der Waals surface area contributed by atoms with Crippen molar-refractivity contribution in [2.45, 2.75) is 19.8 Å². The van der Waals surface area contributed by atoms with Crippen LogP contribution in [0.5, 0.6) is 5.75 Å². The first-order chi connectivity index (χ1) is 14.6. The summed E-state index contributed by atoms with van der Waals surface area (Å²) in [5.74, 6) is 1.09. The van der Waals surface area contributed by atoms with E-state index < -0.39 is 0 Å². The number of hydrogen-bond donors (Lipinski definition) is 1. The summed E-state index contributed by atoms with van der Waals surface area (Å²) in [6.45, 7) is 2.80. The monoisotopic (exact) mass is 420 g/mol. The van der Waals surface area contributed by atoms with Crippen molar-refractivity contribution in [3.8, 4) is 17.2 Å². The number of amides is 1. The molecule has 1 amide bonds. The van der Waals surface area contributed by atoms with E-state index in [9.17, 15) is 4.79 Å². The first-order valence-corrected chi connectivity index (χ1v) is 10.2. The fourth-order valence-corrected chi connectivity index (χ4v) is 3.13. The normalized spacial score (nSPS) is 10.9. The molecule has 1 aromatic heterocycles. The highest BCUT2D eigenvalue weighted by Crippen LogP contribution is 2.27. The molecule has 0 saturated heterocycles. The highest BCUT2D eigenvalue weighted by atomic mass is 35.5. The summed E-state index contributed by atoms with van der Waals surface area (Å²) >= 11 is 6.00. The van der Waals surface area contributed by atoms with E-state index in [1.807, 2.05) is 36.4 Å². The van der Waals surface area contributed by atoms with Crippen LogP contribution in [0.4, 0.5) is 5.69 Å². The third-order valence-corrected chi connectivity index (χ3v) is 4.86. The number of unbranched alkanes of at least 4 members (excludes halogenated alkanes) is 1. The van der Waals surface area contributed by atoms with Crippen molar-refractivity contribution < 1.29 is 13.9 Å². The smallest absolute Gasteiger partial charge is 0.255 e. The summed E-state index contributed by atoms with van der Waals surface area (Å²) in [5, 5.41) is 3.51. The lowest BCUT2D eigenvalue weighted by Gasteiger charge is -2.08. The number of ether oxygens (including phenoxy) is 1. The maximum atomic E-state index is 12.5. The van der Waals surface area contributed by atoms with E-state index in [1.165, 1.54) is 0 Å². The fraction of sp³-hybridized carbons (Fsp3) is 0.167. The molecule has 4 rings (SSSR count). The molecule has 1 N–H and O–H groups in total. The Labute approximate surface area is 179 Å². The van der Waals surface area contributed by atoms with Gasteiger partial charge in [-0.3, -0.25) is 4.79 Å². The fourth-order valence-electron chi connectivity index (χ4n) is 2.96. The first kappa shape index (κ1) is 20.0. The van der Waals surface area contributed by atoms with Gasteiger partial charge in [-0.15, -0.1) is 0 Å². The summed E-state index contributed by atoms with van der Waals surface area (Å²) in [6.07, 6.45) is 2.09. The van der Waals surface area contributed by atoms with Crippen molar-refractivity contribution in [2.75, 3.05) is 11.9 Å². The van der Waals surface area contributed by atoms with Crippen molar-refractivity contribution in [1.82, 2.24) is 4.98 Å². The average Bonchev–Trinajstić information content (AvgIpc) is 3.18. The van der Waals surface area contributed by atoms with Gasteiger partial charge in [0.15, 0.2) is 5.58 Å². The Bertz CT molecular complexity index is 1150. The second kappa shape index (κ2) is 9.01. The zero-order valence-corrected chi connectivity index (χ0v) is 17.3. The Morgan fingerprint density at radius 1 is 1.07 bits per heavy atom. The number of benzene rings is 3. The van der Waals surface area contributed by atoms with Gasteiger partial charge in [0.2, 0.25) is 5.89 Å². The van der Waals surface area contributed by atoms with Gasteiger partial charge in [0, 0.05) is 21.8 Å². The predicted molar refractivity (Wildman–Crippen MR) is 119 cm³/mol. The molecule has 0 fully saturated rings. The molecule has 0 spiro atoms. The van der Waals surface area contributed by atoms with Crippen LogP contribution in [0.1, 0.15) is 30.1 Å². The molecule has 0 atom stereocenters. The number of aromatic nitrogens is 1. The molecule has 0 radical (unpaired) electrons. The minimum Gasteiger partial charge on any atom is -0.494 e. The largest absolute Gasteiger partial charge is 0.494 e. The number of hydrogen-bond acceptors (Lipinski definition) is 4. The van der Waals surface area contributed by atoms with Crippen LogP contribution in [0.15, 0.2) is 71.1 Å². The average molecular weight is 421 g/mol. The summed E-state index contributed by atoms with van der Waals surface area (Å²) in [5.41, 5.74) is 3.45. The van der Waals surface area contributed by atoms with Crippen molar-refractivity contribution >= 4 is 34.3 Å². The SMILES string of the molecule is CCCCOc1ccc(C(=O)Nc2ccc(-c3nc4cc(Cl)ccc4o3)cc2)cc1. The van der Waals surface area contributed by atoms with Gasteiger partial charge in [-0.1, -0.05) is 24.9 Å². The molecular weight excluding hydrogens is 400 g/mol. The lowest BCUT2D eigenvalue weighted by atomic mass is 10.1. The molecule has 0 saturated carbocycles. The maximum Gasteiger partial charge on any atom is 0.255 e. The van der Waals surface area contributed by atoms with Gasteiger partial charge in [-0.25, -0.2) is 4.98 Å². The number of nitrogens with one attached hydrogen (secondary N) is 1. The highest BCUT2D eigenvalue weighted by Gasteiger charge is 2.10. The number of anilines is 1. The van der Waals surface area contributed by atoms with Gasteiger partial charge in [-0.05, 0) is 73.2 Å². The minimum absolute atomic E-state index is 0.181. The zero-order chi connectivity index (χ0) is 20.9. The summed E-state index contributed by atoms with van der Waals surface area (Å²) in [4.78, 5) is 17.0. The standard InChI is InChI=1S/C24H21ClN2O3/c1-2-3-14-29-20-11-6-16(7-12-20)23(28)26-19-9-4-17(5-10-19)24-27-21-15-18(25)8-13-22(21)30-24/h4-13,15H,2-3,14H2,1H3,(H,26,28). The molecule has 30 heavy (non-hydrogen) atoms. The number of carbonyl (C=O) groups excluding carboxylic acids is 1. The van der Waals surface area contributed by atoms with Crippen LogP contribution in [0.25, 0.3) is 22.6 Å². The van der Waals surface area contributed by atoms with E-state index in [0.717, 1.165) is 24.2 Å². The molecule has 0 aliphatic rings. The molecule has 6 heteroatoms. The van der Waals surface area contributed by atoms with E-state index >= 15 is 0 Å². The molecule has 0 aliphatic heterocycles. The minimum atomic E-state index is -0.181. The van der Waals surface area contributed by atoms with Crippen molar-refractivity contribution in [1.29, 1.82) is 0 Å². The third kappa shape index (κ3) is 4.63.